The van der Waals surface area contributed by atoms with Crippen molar-refractivity contribution in [3.63, 3.8) is 0 Å². The average Bonchev–Trinajstić information content (AvgIpc) is 2.99. The van der Waals surface area contributed by atoms with Crippen LogP contribution in [-0.4, -0.2) is 58.1 Å². The van der Waals surface area contributed by atoms with Crippen molar-refractivity contribution in [2.24, 2.45) is 12.8 Å². The molecule has 5 nitrogen and oxygen atoms in total. The highest BCUT2D eigenvalue weighted by Crippen LogP contribution is 2.27. The van der Waals surface area contributed by atoms with Gasteiger partial charge in [0.1, 0.15) is 0 Å². The Balaban J connectivity index is 1.74. The number of hydrogen-bond donors (Lipinski definition) is 1. The predicted molar refractivity (Wildman–Crippen MR) is 71.2 cm³/mol. The van der Waals surface area contributed by atoms with Gasteiger partial charge in [0.25, 0.3) is 0 Å². The van der Waals surface area contributed by atoms with Gasteiger partial charge in [0.05, 0.1) is 18.1 Å². The lowest BCUT2D eigenvalue weighted by atomic mass is 10.1. The van der Waals surface area contributed by atoms with E-state index in [1.807, 2.05) is 12.5 Å². The summed E-state index contributed by atoms with van der Waals surface area (Å²) in [7, 11) is 2.05. The molecular formula is C13H23N5. The lowest BCUT2D eigenvalue weighted by molar-refractivity contribution is 0.0714. The minimum Gasteiger partial charge on any atom is -0.336 e. The summed E-state index contributed by atoms with van der Waals surface area (Å²) in [4.78, 5) is 9.40. The summed E-state index contributed by atoms with van der Waals surface area (Å²) in [6, 6.07) is 1.07. The molecule has 3 rings (SSSR count). The largest absolute Gasteiger partial charge is 0.336 e. The number of aromatic nitrogens is 2. The number of nitrogens with two attached hydrogens (primary N) is 1. The van der Waals surface area contributed by atoms with Crippen LogP contribution in [0.15, 0.2) is 12.5 Å². The van der Waals surface area contributed by atoms with Crippen LogP contribution in [0, 0.1) is 0 Å². The van der Waals surface area contributed by atoms with Crippen molar-refractivity contribution in [3.8, 4) is 0 Å². The summed E-state index contributed by atoms with van der Waals surface area (Å²) in [5, 5.41) is 0. The van der Waals surface area contributed by atoms with Gasteiger partial charge < -0.3 is 10.3 Å². The molecule has 0 bridgehead atoms. The maximum Gasteiger partial charge on any atom is 0.0946 e. The van der Waals surface area contributed by atoms with Crippen LogP contribution >= 0.6 is 0 Å². The molecule has 2 fully saturated rings. The topological polar surface area (TPSA) is 50.3 Å². The van der Waals surface area contributed by atoms with Crippen molar-refractivity contribution >= 4 is 0 Å². The fourth-order valence-electron chi connectivity index (χ4n) is 3.44. The second-order valence-corrected chi connectivity index (χ2v) is 5.51. The second kappa shape index (κ2) is 4.99. The minimum atomic E-state index is 0.320. The Morgan fingerprint density at radius 3 is 3.06 bits per heavy atom. The number of imidazole rings is 1. The summed E-state index contributed by atoms with van der Waals surface area (Å²) in [5.41, 5.74) is 7.24. The van der Waals surface area contributed by atoms with E-state index in [0.717, 1.165) is 19.1 Å². The van der Waals surface area contributed by atoms with Gasteiger partial charge in [-0.15, -0.1) is 0 Å². The van der Waals surface area contributed by atoms with Crippen molar-refractivity contribution in [3.05, 3.63) is 18.2 Å². The molecule has 2 unspecified atom stereocenters. The Morgan fingerprint density at radius 2 is 2.33 bits per heavy atom. The van der Waals surface area contributed by atoms with Crippen LogP contribution in [0.5, 0.6) is 0 Å². The lowest BCUT2D eigenvalue weighted by Gasteiger charge is -2.41. The van der Waals surface area contributed by atoms with Gasteiger partial charge in [-0.3, -0.25) is 9.80 Å². The van der Waals surface area contributed by atoms with E-state index >= 15 is 0 Å². The van der Waals surface area contributed by atoms with E-state index in [2.05, 4.69) is 26.4 Å². The van der Waals surface area contributed by atoms with Crippen LogP contribution in [0.2, 0.25) is 0 Å². The predicted octanol–water partition coefficient (Wildman–Crippen LogP) is 0.200. The zero-order chi connectivity index (χ0) is 12.5. The average molecular weight is 249 g/mol. The highest BCUT2D eigenvalue weighted by Gasteiger charge is 2.34. The number of nitrogens with zero attached hydrogens (tertiary/aromatic N) is 4. The molecule has 0 aliphatic carbocycles. The highest BCUT2D eigenvalue weighted by atomic mass is 15.3. The summed E-state index contributed by atoms with van der Waals surface area (Å²) >= 11 is 0. The number of rotatable bonds is 3. The van der Waals surface area contributed by atoms with Gasteiger partial charge in [0, 0.05) is 45.5 Å². The van der Waals surface area contributed by atoms with E-state index in [1.54, 1.807) is 0 Å². The Morgan fingerprint density at radius 1 is 1.44 bits per heavy atom. The maximum atomic E-state index is 6.00. The Labute approximate surface area is 109 Å². The molecule has 18 heavy (non-hydrogen) atoms. The third-order valence-corrected chi connectivity index (χ3v) is 4.48. The number of piperazine rings is 1. The first-order chi connectivity index (χ1) is 8.79. The molecule has 2 atom stereocenters. The zero-order valence-corrected chi connectivity index (χ0v) is 11.1. The van der Waals surface area contributed by atoms with E-state index in [9.17, 15) is 0 Å². The molecule has 2 aliphatic rings. The molecule has 2 saturated heterocycles. The number of aryl methyl sites for hydroxylation is 1. The fraction of sp³-hybridized carbons (Fsp3) is 0.769. The van der Waals surface area contributed by atoms with Crippen LogP contribution in [0.4, 0.5) is 0 Å². The van der Waals surface area contributed by atoms with Crippen molar-refractivity contribution in [2.45, 2.75) is 24.9 Å². The smallest absolute Gasteiger partial charge is 0.0946 e. The zero-order valence-electron chi connectivity index (χ0n) is 11.1. The molecule has 2 aliphatic heterocycles. The summed E-state index contributed by atoms with van der Waals surface area (Å²) < 4.78 is 2.10. The molecule has 0 spiro atoms. The Hall–Kier alpha value is -0.910. The first-order valence-electron chi connectivity index (χ1n) is 6.94. The van der Waals surface area contributed by atoms with Gasteiger partial charge in [-0.05, 0) is 19.4 Å². The van der Waals surface area contributed by atoms with Gasteiger partial charge >= 0.3 is 0 Å². The molecule has 0 aromatic carbocycles. The molecule has 3 heterocycles. The molecule has 0 amide bonds. The summed E-state index contributed by atoms with van der Waals surface area (Å²) in [6.07, 6.45) is 6.53. The van der Waals surface area contributed by atoms with Gasteiger partial charge in [-0.2, -0.15) is 0 Å². The van der Waals surface area contributed by atoms with Crippen molar-refractivity contribution < 1.29 is 0 Å². The van der Waals surface area contributed by atoms with Crippen molar-refractivity contribution in [1.82, 2.24) is 19.4 Å². The molecule has 5 heteroatoms. The van der Waals surface area contributed by atoms with Crippen LogP contribution in [0.3, 0.4) is 0 Å². The van der Waals surface area contributed by atoms with Crippen LogP contribution in [-0.2, 0) is 7.05 Å². The quantitative estimate of drug-likeness (QED) is 0.831. The third kappa shape index (κ3) is 2.06. The fourth-order valence-corrected chi connectivity index (χ4v) is 3.44. The second-order valence-electron chi connectivity index (χ2n) is 5.51. The van der Waals surface area contributed by atoms with E-state index in [1.165, 1.54) is 31.6 Å². The lowest BCUT2D eigenvalue weighted by Crippen LogP contribution is -2.52. The Bertz CT molecular complexity index is 402. The molecular weight excluding hydrogens is 226 g/mol. The molecule has 1 aromatic heterocycles. The SMILES string of the molecule is Cn1cncc1C(CN)N1CCN2CCCC2C1. The van der Waals surface area contributed by atoms with Crippen molar-refractivity contribution in [1.29, 1.82) is 0 Å². The Kier molecular flexibility index (Phi) is 3.37. The van der Waals surface area contributed by atoms with E-state index in [0.29, 0.717) is 12.6 Å². The third-order valence-electron chi connectivity index (χ3n) is 4.48. The molecule has 1 aromatic rings. The number of hydrogen-bond acceptors (Lipinski definition) is 4. The van der Waals surface area contributed by atoms with Gasteiger partial charge in [0.2, 0.25) is 0 Å². The maximum absolute atomic E-state index is 6.00. The van der Waals surface area contributed by atoms with Crippen molar-refractivity contribution in [2.75, 3.05) is 32.7 Å². The molecule has 100 valence electrons. The van der Waals surface area contributed by atoms with E-state index in [-0.39, 0.29) is 0 Å². The van der Waals surface area contributed by atoms with E-state index in [4.69, 9.17) is 5.73 Å². The minimum absolute atomic E-state index is 0.320. The standard InChI is InChI=1S/C13H23N5/c1-16-10-15-8-13(16)12(7-14)18-6-5-17-4-2-3-11(17)9-18/h8,10-12H,2-7,9,14H2,1H3. The number of fused-ring (bicyclic) bond motifs is 1. The van der Waals surface area contributed by atoms with Crippen LogP contribution < -0.4 is 5.73 Å². The summed E-state index contributed by atoms with van der Waals surface area (Å²) in [5.74, 6) is 0. The van der Waals surface area contributed by atoms with Gasteiger partial charge in [0.15, 0.2) is 0 Å². The van der Waals surface area contributed by atoms with Gasteiger partial charge in [-0.25, -0.2) is 4.98 Å². The monoisotopic (exact) mass is 249 g/mol. The molecule has 2 N–H and O–H groups in total. The molecule has 0 saturated carbocycles. The van der Waals surface area contributed by atoms with Crippen LogP contribution in [0.25, 0.3) is 0 Å². The highest BCUT2D eigenvalue weighted by molar-refractivity contribution is 5.07. The summed E-state index contributed by atoms with van der Waals surface area (Å²) in [6.45, 7) is 5.44. The normalized spacial score (nSPS) is 27.3. The first-order valence-corrected chi connectivity index (χ1v) is 6.94. The molecule has 0 radical (unpaired) electrons. The van der Waals surface area contributed by atoms with E-state index < -0.39 is 0 Å². The first kappa shape index (κ1) is 12.1. The van der Waals surface area contributed by atoms with Crippen LogP contribution in [0.1, 0.15) is 24.6 Å². The van der Waals surface area contributed by atoms with Gasteiger partial charge in [-0.1, -0.05) is 0 Å².